The Morgan fingerprint density at radius 1 is 0.508 bits per heavy atom. The van der Waals surface area contributed by atoms with E-state index in [0.717, 1.165) is 41.5 Å². The Balaban J connectivity index is 1.14. The normalized spacial score (nSPS) is 13.7. The molecule has 0 saturated heterocycles. The lowest BCUT2D eigenvalue weighted by Gasteiger charge is -2.32. The summed E-state index contributed by atoms with van der Waals surface area (Å²) < 4.78 is 9.32. The summed E-state index contributed by atoms with van der Waals surface area (Å²) in [7, 11) is 0. The third-order valence-electron chi connectivity index (χ3n) is 12.8. The third kappa shape index (κ3) is 6.07. The van der Waals surface area contributed by atoms with Crippen LogP contribution in [0.25, 0.3) is 75.5 Å². The molecular weight excluding hydrogens is 759 g/mol. The maximum Gasteiger partial charge on any atom is 0.136 e. The largest absolute Gasteiger partial charge is 0.456 e. The predicted molar refractivity (Wildman–Crippen MR) is 259 cm³/mol. The van der Waals surface area contributed by atoms with Gasteiger partial charge >= 0.3 is 0 Å². The summed E-state index contributed by atoms with van der Waals surface area (Å²) in [5, 5.41) is 4.93. The lowest BCUT2D eigenvalue weighted by molar-refractivity contribution is 0.628. The maximum absolute atomic E-state index is 6.72. The Morgan fingerprint density at radius 3 is 1.95 bits per heavy atom. The van der Waals surface area contributed by atoms with Crippen LogP contribution < -0.4 is 4.90 Å². The number of aryl methyl sites for hydroxylation is 1. The van der Waals surface area contributed by atoms with E-state index in [1.54, 1.807) is 0 Å². The first-order chi connectivity index (χ1) is 30.3. The van der Waals surface area contributed by atoms with Gasteiger partial charge in [-0.2, -0.15) is 0 Å². The molecule has 61 heavy (non-hydrogen) atoms. The van der Waals surface area contributed by atoms with Crippen LogP contribution in [0.4, 0.5) is 17.1 Å². The molecule has 3 heteroatoms. The van der Waals surface area contributed by atoms with Gasteiger partial charge in [0.25, 0.3) is 0 Å². The van der Waals surface area contributed by atoms with Crippen LogP contribution in [-0.2, 0) is 12.8 Å². The zero-order valence-electron chi connectivity index (χ0n) is 33.6. The first kappa shape index (κ1) is 35.7. The van der Waals surface area contributed by atoms with E-state index in [1.165, 1.54) is 87.0 Å². The number of hydrogen-bond acceptors (Lipinski definition) is 3. The van der Waals surface area contributed by atoms with Gasteiger partial charge in [0.05, 0.1) is 16.1 Å². The molecule has 0 aliphatic heterocycles. The van der Waals surface area contributed by atoms with E-state index >= 15 is 0 Å². The molecule has 290 valence electrons. The van der Waals surface area contributed by atoms with Gasteiger partial charge in [0.15, 0.2) is 0 Å². The summed E-state index contributed by atoms with van der Waals surface area (Å²) in [6, 6.07) is 75.7. The lowest BCUT2D eigenvalue weighted by atomic mass is 9.82. The lowest BCUT2D eigenvalue weighted by Crippen LogP contribution is -2.15. The van der Waals surface area contributed by atoms with Crippen LogP contribution >= 0.6 is 11.3 Å². The van der Waals surface area contributed by atoms with Crippen LogP contribution in [0.2, 0.25) is 0 Å². The van der Waals surface area contributed by atoms with Crippen LogP contribution in [0.15, 0.2) is 211 Å². The van der Waals surface area contributed by atoms with Gasteiger partial charge in [-0.25, -0.2) is 0 Å². The number of furan rings is 1. The Morgan fingerprint density at radius 2 is 1.15 bits per heavy atom. The molecule has 0 N–H and O–H groups in total. The number of rotatable bonds is 7. The van der Waals surface area contributed by atoms with Crippen molar-refractivity contribution in [1.29, 1.82) is 0 Å². The molecule has 0 amide bonds. The van der Waals surface area contributed by atoms with Crippen LogP contribution in [0.3, 0.4) is 0 Å². The van der Waals surface area contributed by atoms with Crippen molar-refractivity contribution < 1.29 is 4.42 Å². The second-order valence-corrected chi connectivity index (χ2v) is 17.3. The SMILES string of the molecule is c1ccc(-c2ccc(CC3CCc4cc5oc6ccccc6c5c(-c5ccccc5)c4-c4cccc(N(c5ccccc5)c5cccc6c5sc5ccccc56)c43)cc2)cc1. The first-order valence-electron chi connectivity index (χ1n) is 21.3. The van der Waals surface area contributed by atoms with E-state index < -0.39 is 0 Å². The summed E-state index contributed by atoms with van der Waals surface area (Å²) in [5.74, 6) is 0.223. The molecule has 0 fully saturated rings. The molecule has 2 heterocycles. The van der Waals surface area contributed by atoms with Crippen molar-refractivity contribution in [3.63, 3.8) is 0 Å². The van der Waals surface area contributed by atoms with Gasteiger partial charge in [0, 0.05) is 37.5 Å². The molecule has 2 aromatic heterocycles. The highest BCUT2D eigenvalue weighted by Gasteiger charge is 2.32. The average molecular weight is 800 g/mol. The predicted octanol–water partition coefficient (Wildman–Crippen LogP) is 16.7. The van der Waals surface area contributed by atoms with Crippen molar-refractivity contribution in [1.82, 2.24) is 0 Å². The third-order valence-corrected chi connectivity index (χ3v) is 14.0. The van der Waals surface area contributed by atoms with E-state index in [2.05, 4.69) is 211 Å². The Kier molecular flexibility index (Phi) is 8.67. The second kappa shape index (κ2) is 14.8. The van der Waals surface area contributed by atoms with Gasteiger partial charge in [-0.3, -0.25) is 0 Å². The Labute approximate surface area is 359 Å². The summed E-state index contributed by atoms with van der Waals surface area (Å²) in [5.41, 5.74) is 17.1. The van der Waals surface area contributed by atoms with Crippen molar-refractivity contribution in [3.05, 3.63) is 223 Å². The number of anilines is 3. The van der Waals surface area contributed by atoms with Gasteiger partial charge in [-0.15, -0.1) is 11.3 Å². The topological polar surface area (TPSA) is 16.4 Å². The molecule has 9 aromatic carbocycles. The van der Waals surface area contributed by atoms with Crippen LogP contribution in [0, 0.1) is 0 Å². The number of thiophene rings is 1. The molecule has 1 unspecified atom stereocenters. The standard InChI is InChI=1S/C58H41NOS/c1-4-16-39(17-5-1)40-32-30-38(31-33-40)36-42-34-35-43-37-52-57(47-23-10-12-28-51(47)60-52)56(41-18-6-2-7-19-41)55(43)48-25-15-26-49(54(42)48)59(44-20-8-3-9-21-44)50-27-14-24-46-45-22-11-13-29-53(45)61-58(46)50/h1-33,37,42H,34-36H2. The molecule has 1 aliphatic carbocycles. The quantitative estimate of drug-likeness (QED) is 0.160. The number of nitrogens with zero attached hydrogens (tertiary/aromatic N) is 1. The molecule has 0 radical (unpaired) electrons. The highest BCUT2D eigenvalue weighted by molar-refractivity contribution is 7.26. The van der Waals surface area contributed by atoms with Crippen LogP contribution in [0.1, 0.15) is 29.0 Å². The Hall–Kier alpha value is -7.20. The zero-order chi connectivity index (χ0) is 40.3. The Bertz CT molecular complexity index is 3380. The maximum atomic E-state index is 6.72. The first-order valence-corrected chi connectivity index (χ1v) is 22.1. The van der Waals surface area contributed by atoms with Crippen molar-refractivity contribution in [2.24, 2.45) is 0 Å². The number of fused-ring (bicyclic) bond motifs is 9. The molecule has 0 spiro atoms. The van der Waals surface area contributed by atoms with Crippen molar-refractivity contribution in [2.45, 2.75) is 25.2 Å². The molecule has 1 atom stereocenters. The summed E-state index contributed by atoms with van der Waals surface area (Å²) in [4.78, 5) is 2.56. The average Bonchev–Trinajstić information content (AvgIpc) is 3.85. The number of benzene rings is 9. The molecule has 11 aromatic rings. The van der Waals surface area contributed by atoms with E-state index in [-0.39, 0.29) is 5.92 Å². The summed E-state index contributed by atoms with van der Waals surface area (Å²) in [6.45, 7) is 0. The highest BCUT2D eigenvalue weighted by atomic mass is 32.1. The second-order valence-electron chi connectivity index (χ2n) is 16.3. The van der Waals surface area contributed by atoms with Crippen molar-refractivity contribution >= 4 is 70.5 Å². The fourth-order valence-corrected chi connectivity index (χ4v) is 11.3. The van der Waals surface area contributed by atoms with E-state index in [0.29, 0.717) is 0 Å². The van der Waals surface area contributed by atoms with Crippen molar-refractivity contribution in [3.8, 4) is 33.4 Å². The van der Waals surface area contributed by atoms with Gasteiger partial charge in [-0.05, 0) is 112 Å². The zero-order valence-corrected chi connectivity index (χ0v) is 34.4. The van der Waals surface area contributed by atoms with Crippen molar-refractivity contribution in [2.75, 3.05) is 4.90 Å². The summed E-state index contributed by atoms with van der Waals surface area (Å²) in [6.07, 6.45) is 2.84. The fourth-order valence-electron chi connectivity index (χ4n) is 10.1. The molecule has 0 bridgehead atoms. The van der Waals surface area contributed by atoms with Gasteiger partial charge in [0.2, 0.25) is 0 Å². The molecular formula is C58H41NOS. The fraction of sp³-hybridized carbons (Fsp3) is 0.0690. The van der Waals surface area contributed by atoms with E-state index in [1.807, 2.05) is 11.3 Å². The van der Waals surface area contributed by atoms with Gasteiger partial charge in [-0.1, -0.05) is 164 Å². The van der Waals surface area contributed by atoms with E-state index in [4.69, 9.17) is 4.42 Å². The minimum absolute atomic E-state index is 0.223. The van der Waals surface area contributed by atoms with Gasteiger partial charge in [0.1, 0.15) is 11.2 Å². The van der Waals surface area contributed by atoms with Gasteiger partial charge < -0.3 is 9.32 Å². The van der Waals surface area contributed by atoms with Crippen LogP contribution in [0.5, 0.6) is 0 Å². The monoisotopic (exact) mass is 799 g/mol. The number of para-hydroxylation sites is 2. The smallest absolute Gasteiger partial charge is 0.136 e. The van der Waals surface area contributed by atoms with Crippen LogP contribution in [-0.4, -0.2) is 0 Å². The minimum atomic E-state index is 0.223. The van der Waals surface area contributed by atoms with E-state index in [9.17, 15) is 0 Å². The summed E-state index contributed by atoms with van der Waals surface area (Å²) >= 11 is 1.89. The highest BCUT2D eigenvalue weighted by Crippen LogP contribution is 2.54. The minimum Gasteiger partial charge on any atom is -0.456 e. The number of hydrogen-bond donors (Lipinski definition) is 0. The molecule has 12 rings (SSSR count). The molecule has 1 aliphatic rings. The molecule has 2 nitrogen and oxygen atoms in total. The molecule has 0 saturated carbocycles.